The van der Waals surface area contributed by atoms with Gasteiger partial charge in [-0.3, -0.25) is 0 Å². The van der Waals surface area contributed by atoms with Gasteiger partial charge in [0.2, 0.25) is 15.8 Å². The quantitative estimate of drug-likeness (QED) is 0.639. The summed E-state index contributed by atoms with van der Waals surface area (Å²) in [6.45, 7) is 3.55. The number of rotatable bonds is 5. The molecule has 0 fully saturated rings. The molecule has 24 heavy (non-hydrogen) atoms. The van der Waals surface area contributed by atoms with Gasteiger partial charge in [-0.25, -0.2) is 13.4 Å². The molecule has 0 saturated carbocycles. The van der Waals surface area contributed by atoms with E-state index in [0.717, 1.165) is 11.8 Å². The molecule has 124 valence electrons. The third-order valence-corrected chi connectivity index (χ3v) is 5.20. The van der Waals surface area contributed by atoms with Crippen molar-refractivity contribution < 1.29 is 8.42 Å². The van der Waals surface area contributed by atoms with Crippen LogP contribution in [0.4, 0.5) is 5.95 Å². The van der Waals surface area contributed by atoms with Crippen LogP contribution in [-0.4, -0.2) is 29.6 Å². The van der Waals surface area contributed by atoms with Gasteiger partial charge in [0.1, 0.15) is 11.9 Å². The molecule has 7 nitrogen and oxygen atoms in total. The Hall–Kier alpha value is -2.44. The number of anilines is 1. The van der Waals surface area contributed by atoms with Crippen molar-refractivity contribution in [3.63, 3.8) is 0 Å². The van der Waals surface area contributed by atoms with Crippen LogP contribution in [0.5, 0.6) is 0 Å². The minimum absolute atomic E-state index is 0.0549. The molecular formula is C15H15N5O2S2. The van der Waals surface area contributed by atoms with Crippen LogP contribution >= 0.6 is 11.8 Å². The highest BCUT2D eigenvalue weighted by Gasteiger charge is 2.20. The Balaban J connectivity index is 2.34. The fourth-order valence-electron chi connectivity index (χ4n) is 1.76. The van der Waals surface area contributed by atoms with Gasteiger partial charge in [0.25, 0.3) is 0 Å². The van der Waals surface area contributed by atoms with E-state index in [0.29, 0.717) is 11.0 Å². The molecular weight excluding hydrogens is 346 g/mol. The molecule has 0 bridgehead atoms. The molecule has 1 aromatic heterocycles. The molecule has 9 heteroatoms. The van der Waals surface area contributed by atoms with E-state index in [1.54, 1.807) is 25.1 Å². The Morgan fingerprint density at radius 1 is 1.21 bits per heavy atom. The molecule has 0 spiro atoms. The SMILES string of the molecule is CSc1nc(C)nc(N/C=C(\C#N)S(=O)(=O)c2ccc(C)cc2)n1. The van der Waals surface area contributed by atoms with Gasteiger partial charge in [0.15, 0.2) is 10.1 Å². The molecule has 2 aromatic rings. The van der Waals surface area contributed by atoms with Gasteiger partial charge in [0.05, 0.1) is 4.90 Å². The third-order valence-electron chi connectivity index (χ3n) is 2.97. The predicted octanol–water partition coefficient (Wildman–Crippen LogP) is 2.46. The van der Waals surface area contributed by atoms with Gasteiger partial charge in [0, 0.05) is 6.20 Å². The van der Waals surface area contributed by atoms with E-state index in [1.165, 1.54) is 23.9 Å². The molecule has 1 heterocycles. The Labute approximate surface area is 144 Å². The van der Waals surface area contributed by atoms with Gasteiger partial charge < -0.3 is 5.32 Å². The predicted molar refractivity (Wildman–Crippen MR) is 92.0 cm³/mol. The summed E-state index contributed by atoms with van der Waals surface area (Å²) in [4.78, 5) is 11.9. The topological polar surface area (TPSA) is 109 Å². The average molecular weight is 361 g/mol. The second-order valence-corrected chi connectivity index (χ2v) is 7.47. The average Bonchev–Trinajstić information content (AvgIpc) is 2.55. The fraction of sp³-hybridized carbons (Fsp3) is 0.200. The molecule has 0 radical (unpaired) electrons. The van der Waals surface area contributed by atoms with E-state index in [2.05, 4.69) is 20.3 Å². The van der Waals surface area contributed by atoms with E-state index < -0.39 is 14.7 Å². The summed E-state index contributed by atoms with van der Waals surface area (Å²) in [5, 5.41) is 12.4. The zero-order valence-corrected chi connectivity index (χ0v) is 14.9. The number of aryl methyl sites for hydroxylation is 2. The van der Waals surface area contributed by atoms with E-state index in [-0.39, 0.29) is 10.8 Å². The van der Waals surface area contributed by atoms with Gasteiger partial charge in [-0.2, -0.15) is 15.2 Å². The second kappa shape index (κ2) is 7.42. The van der Waals surface area contributed by atoms with Crippen molar-refractivity contribution in [2.24, 2.45) is 0 Å². The second-order valence-electron chi connectivity index (χ2n) is 4.77. The number of aromatic nitrogens is 3. The lowest BCUT2D eigenvalue weighted by molar-refractivity contribution is 0.603. The Bertz CT molecular complexity index is 916. The highest BCUT2D eigenvalue weighted by Crippen LogP contribution is 2.19. The third kappa shape index (κ3) is 4.10. The van der Waals surface area contributed by atoms with Crippen LogP contribution in [0.3, 0.4) is 0 Å². The Morgan fingerprint density at radius 2 is 1.88 bits per heavy atom. The molecule has 0 aliphatic carbocycles. The zero-order chi connectivity index (χ0) is 17.7. The lowest BCUT2D eigenvalue weighted by atomic mass is 10.2. The first-order valence-corrected chi connectivity index (χ1v) is 9.53. The Kier molecular flexibility index (Phi) is 5.54. The summed E-state index contributed by atoms with van der Waals surface area (Å²) in [6, 6.07) is 7.99. The smallest absolute Gasteiger partial charge is 0.231 e. The lowest BCUT2D eigenvalue weighted by Crippen LogP contribution is -2.07. The molecule has 1 aromatic carbocycles. The zero-order valence-electron chi connectivity index (χ0n) is 13.3. The number of nitrogens with zero attached hydrogens (tertiary/aromatic N) is 4. The van der Waals surface area contributed by atoms with Crippen molar-refractivity contribution >= 4 is 27.5 Å². The Morgan fingerprint density at radius 3 is 2.46 bits per heavy atom. The van der Waals surface area contributed by atoms with Crippen molar-refractivity contribution in [2.75, 3.05) is 11.6 Å². The van der Waals surface area contributed by atoms with E-state index in [4.69, 9.17) is 0 Å². The molecule has 0 saturated heterocycles. The first kappa shape index (κ1) is 17.9. The number of thioether (sulfide) groups is 1. The van der Waals surface area contributed by atoms with Crippen molar-refractivity contribution in [3.8, 4) is 6.07 Å². The van der Waals surface area contributed by atoms with Gasteiger partial charge in [-0.05, 0) is 32.2 Å². The molecule has 0 amide bonds. The van der Waals surface area contributed by atoms with Crippen LogP contribution in [-0.2, 0) is 9.84 Å². The molecule has 0 aliphatic rings. The van der Waals surface area contributed by atoms with E-state index >= 15 is 0 Å². The largest absolute Gasteiger partial charge is 0.329 e. The molecule has 1 N–H and O–H groups in total. The van der Waals surface area contributed by atoms with Gasteiger partial charge in [-0.1, -0.05) is 29.5 Å². The summed E-state index contributed by atoms with van der Waals surface area (Å²) in [7, 11) is -3.90. The number of benzene rings is 1. The standard InChI is InChI=1S/C15H15N5O2S2/c1-10-4-6-12(7-5-10)24(21,22)13(8-16)9-17-14-18-11(2)19-15(20-14)23-3/h4-7,9H,1-3H3,(H,17,18,19,20)/b13-9+. The van der Waals surface area contributed by atoms with Crippen LogP contribution in [0.15, 0.2) is 45.4 Å². The monoisotopic (exact) mass is 361 g/mol. The number of hydrogen-bond donors (Lipinski definition) is 1. The molecule has 0 atom stereocenters. The van der Waals surface area contributed by atoms with Crippen molar-refractivity contribution in [1.82, 2.24) is 15.0 Å². The number of nitrogens with one attached hydrogen (secondary N) is 1. The maximum Gasteiger partial charge on any atom is 0.231 e. The number of hydrogen-bond acceptors (Lipinski definition) is 8. The maximum atomic E-state index is 12.5. The van der Waals surface area contributed by atoms with Gasteiger partial charge in [-0.15, -0.1) is 0 Å². The van der Waals surface area contributed by atoms with E-state index in [9.17, 15) is 13.7 Å². The summed E-state index contributed by atoms with van der Waals surface area (Å²) >= 11 is 1.33. The first-order valence-electron chi connectivity index (χ1n) is 6.82. The van der Waals surface area contributed by atoms with Crippen molar-refractivity contribution in [2.45, 2.75) is 23.9 Å². The van der Waals surface area contributed by atoms with Crippen molar-refractivity contribution in [1.29, 1.82) is 5.26 Å². The highest BCUT2D eigenvalue weighted by molar-refractivity contribution is 7.98. The number of nitriles is 1. The number of sulfone groups is 1. The lowest BCUT2D eigenvalue weighted by Gasteiger charge is -2.05. The van der Waals surface area contributed by atoms with Crippen LogP contribution in [0.25, 0.3) is 0 Å². The summed E-state index contributed by atoms with van der Waals surface area (Å²) < 4.78 is 25.0. The van der Waals surface area contributed by atoms with Crippen LogP contribution in [0.1, 0.15) is 11.4 Å². The fourth-order valence-corrected chi connectivity index (χ4v) is 3.24. The first-order chi connectivity index (χ1) is 11.4. The van der Waals surface area contributed by atoms with Crippen LogP contribution in [0.2, 0.25) is 0 Å². The maximum absolute atomic E-state index is 12.5. The highest BCUT2D eigenvalue weighted by atomic mass is 32.2. The number of allylic oxidation sites excluding steroid dienone is 1. The van der Waals surface area contributed by atoms with E-state index in [1.807, 2.05) is 13.2 Å². The minimum Gasteiger partial charge on any atom is -0.329 e. The molecule has 0 aliphatic heterocycles. The van der Waals surface area contributed by atoms with Gasteiger partial charge >= 0.3 is 0 Å². The normalized spacial score (nSPS) is 11.8. The molecule has 0 unspecified atom stereocenters. The molecule has 2 rings (SSSR count). The van der Waals surface area contributed by atoms with Crippen molar-refractivity contribution in [3.05, 3.63) is 46.8 Å². The minimum atomic E-state index is -3.90. The summed E-state index contributed by atoms with van der Waals surface area (Å²) in [5.74, 6) is 0.670. The van der Waals surface area contributed by atoms with Crippen LogP contribution < -0.4 is 5.32 Å². The summed E-state index contributed by atoms with van der Waals surface area (Å²) in [5.41, 5.74) is 0.930. The van der Waals surface area contributed by atoms with Crippen LogP contribution in [0, 0.1) is 25.2 Å². The summed E-state index contributed by atoms with van der Waals surface area (Å²) in [6.07, 6.45) is 2.91.